The highest BCUT2D eigenvalue weighted by Gasteiger charge is 2.22. The van der Waals surface area contributed by atoms with E-state index in [1.54, 1.807) is 6.07 Å². The maximum Gasteiger partial charge on any atom is 0.262 e. The molecule has 2 aliphatic heterocycles. The predicted octanol–water partition coefficient (Wildman–Crippen LogP) is 1.11. The summed E-state index contributed by atoms with van der Waals surface area (Å²) in [7, 11) is 2.14. The van der Waals surface area contributed by atoms with E-state index in [4.69, 9.17) is 10.5 Å². The SMILES string of the molecule is CN1CCCC1CNc1cc2c(cc1N)OCC(=O)N2. The van der Waals surface area contributed by atoms with E-state index < -0.39 is 0 Å². The Kier molecular flexibility index (Phi) is 3.40. The van der Waals surface area contributed by atoms with Crippen LogP contribution in [0, 0.1) is 0 Å². The van der Waals surface area contributed by atoms with Gasteiger partial charge in [-0.2, -0.15) is 0 Å². The second kappa shape index (κ2) is 5.20. The number of benzene rings is 1. The lowest BCUT2D eigenvalue weighted by atomic mass is 10.1. The van der Waals surface area contributed by atoms with Crippen molar-refractivity contribution in [2.45, 2.75) is 18.9 Å². The van der Waals surface area contributed by atoms with Crippen molar-refractivity contribution >= 4 is 23.0 Å². The second-order valence-electron chi connectivity index (χ2n) is 5.43. The fraction of sp³-hybridized carbons (Fsp3) is 0.500. The number of nitrogens with one attached hydrogen (secondary N) is 2. The van der Waals surface area contributed by atoms with Crippen LogP contribution in [-0.2, 0) is 4.79 Å². The average molecular weight is 276 g/mol. The molecule has 108 valence electrons. The van der Waals surface area contributed by atoms with Gasteiger partial charge in [-0.3, -0.25) is 4.79 Å². The van der Waals surface area contributed by atoms with Gasteiger partial charge in [0.05, 0.1) is 17.1 Å². The van der Waals surface area contributed by atoms with Crippen molar-refractivity contribution in [3.8, 4) is 5.75 Å². The Morgan fingerprint density at radius 2 is 2.40 bits per heavy atom. The molecule has 1 fully saturated rings. The van der Waals surface area contributed by atoms with Crippen molar-refractivity contribution in [1.29, 1.82) is 0 Å². The Balaban J connectivity index is 1.73. The van der Waals surface area contributed by atoms with E-state index in [1.165, 1.54) is 12.8 Å². The molecule has 1 atom stereocenters. The highest BCUT2D eigenvalue weighted by atomic mass is 16.5. The lowest BCUT2D eigenvalue weighted by molar-refractivity contribution is -0.118. The van der Waals surface area contributed by atoms with Gasteiger partial charge in [-0.05, 0) is 32.5 Å². The van der Waals surface area contributed by atoms with Gasteiger partial charge in [-0.1, -0.05) is 0 Å². The van der Waals surface area contributed by atoms with Crippen molar-refractivity contribution in [2.75, 3.05) is 43.1 Å². The fourth-order valence-electron chi connectivity index (χ4n) is 2.76. The Hall–Kier alpha value is -1.95. The summed E-state index contributed by atoms with van der Waals surface area (Å²) in [6.45, 7) is 2.05. The molecule has 0 aliphatic carbocycles. The molecule has 0 aromatic heterocycles. The van der Waals surface area contributed by atoms with Gasteiger partial charge in [0.25, 0.3) is 5.91 Å². The molecule has 6 heteroatoms. The highest BCUT2D eigenvalue weighted by molar-refractivity contribution is 5.97. The third kappa shape index (κ3) is 2.51. The zero-order chi connectivity index (χ0) is 14.1. The molecule has 0 bridgehead atoms. The van der Waals surface area contributed by atoms with E-state index in [2.05, 4.69) is 22.6 Å². The molecule has 4 N–H and O–H groups in total. The van der Waals surface area contributed by atoms with Gasteiger partial charge < -0.3 is 26.0 Å². The summed E-state index contributed by atoms with van der Waals surface area (Å²) in [5, 5.41) is 6.17. The predicted molar refractivity (Wildman–Crippen MR) is 79.1 cm³/mol. The summed E-state index contributed by atoms with van der Waals surface area (Å²) in [6.07, 6.45) is 2.45. The maximum absolute atomic E-state index is 11.3. The van der Waals surface area contributed by atoms with Gasteiger partial charge in [-0.15, -0.1) is 0 Å². The highest BCUT2D eigenvalue weighted by Crippen LogP contribution is 2.35. The molecule has 1 aromatic carbocycles. The van der Waals surface area contributed by atoms with Crippen molar-refractivity contribution in [3.63, 3.8) is 0 Å². The van der Waals surface area contributed by atoms with Crippen molar-refractivity contribution in [2.24, 2.45) is 0 Å². The molecule has 1 unspecified atom stereocenters. The number of nitrogen functional groups attached to an aromatic ring is 1. The molecule has 2 heterocycles. The molecule has 0 radical (unpaired) electrons. The minimum absolute atomic E-state index is 0.0477. The third-order valence-corrected chi connectivity index (χ3v) is 3.98. The van der Waals surface area contributed by atoms with Gasteiger partial charge in [0.2, 0.25) is 0 Å². The fourth-order valence-corrected chi connectivity index (χ4v) is 2.76. The number of amides is 1. The molecule has 1 saturated heterocycles. The number of likely N-dealkylation sites (N-methyl/N-ethyl adjacent to an activating group) is 1. The van der Waals surface area contributed by atoms with E-state index in [0.29, 0.717) is 23.2 Å². The summed E-state index contributed by atoms with van der Waals surface area (Å²) in [6, 6.07) is 4.14. The molecule has 6 nitrogen and oxygen atoms in total. The lowest BCUT2D eigenvalue weighted by Gasteiger charge is -2.23. The molecule has 3 rings (SSSR count). The monoisotopic (exact) mass is 276 g/mol. The van der Waals surface area contributed by atoms with Crippen LogP contribution in [0.3, 0.4) is 0 Å². The van der Waals surface area contributed by atoms with Crippen LogP contribution in [0.5, 0.6) is 5.75 Å². The van der Waals surface area contributed by atoms with Crippen LogP contribution in [0.15, 0.2) is 12.1 Å². The molecular formula is C14H20N4O2. The van der Waals surface area contributed by atoms with E-state index in [1.807, 2.05) is 6.07 Å². The number of hydrogen-bond acceptors (Lipinski definition) is 5. The largest absolute Gasteiger partial charge is 0.482 e. The van der Waals surface area contributed by atoms with Gasteiger partial charge in [0, 0.05) is 18.7 Å². The summed E-state index contributed by atoms with van der Waals surface area (Å²) in [5.41, 5.74) is 8.19. The first-order valence-electron chi connectivity index (χ1n) is 6.94. The van der Waals surface area contributed by atoms with Gasteiger partial charge in [-0.25, -0.2) is 0 Å². The number of carbonyl (C=O) groups is 1. The molecule has 0 spiro atoms. The van der Waals surface area contributed by atoms with Crippen LogP contribution in [0.4, 0.5) is 17.1 Å². The molecular weight excluding hydrogens is 256 g/mol. The Morgan fingerprint density at radius 1 is 1.55 bits per heavy atom. The van der Waals surface area contributed by atoms with E-state index in [-0.39, 0.29) is 12.5 Å². The van der Waals surface area contributed by atoms with Crippen LogP contribution < -0.4 is 21.1 Å². The Morgan fingerprint density at radius 3 is 3.15 bits per heavy atom. The number of fused-ring (bicyclic) bond motifs is 1. The van der Waals surface area contributed by atoms with Crippen LogP contribution >= 0.6 is 0 Å². The smallest absolute Gasteiger partial charge is 0.262 e. The summed E-state index contributed by atoms with van der Waals surface area (Å²) in [5.74, 6) is 0.495. The maximum atomic E-state index is 11.3. The first-order valence-corrected chi connectivity index (χ1v) is 6.94. The molecule has 20 heavy (non-hydrogen) atoms. The minimum Gasteiger partial charge on any atom is -0.482 e. The molecule has 2 aliphatic rings. The van der Waals surface area contributed by atoms with Crippen LogP contribution in [0.1, 0.15) is 12.8 Å². The molecule has 1 aromatic rings. The second-order valence-corrected chi connectivity index (χ2v) is 5.43. The topological polar surface area (TPSA) is 79.6 Å². The lowest BCUT2D eigenvalue weighted by Crippen LogP contribution is -2.31. The first kappa shape index (κ1) is 13.1. The number of hydrogen-bond donors (Lipinski definition) is 3. The molecule has 0 saturated carbocycles. The van der Waals surface area contributed by atoms with Gasteiger partial charge >= 0.3 is 0 Å². The normalized spacial score (nSPS) is 22.1. The van der Waals surface area contributed by atoms with Crippen LogP contribution in [0.2, 0.25) is 0 Å². The van der Waals surface area contributed by atoms with Gasteiger partial charge in [0.1, 0.15) is 5.75 Å². The van der Waals surface area contributed by atoms with Crippen molar-refractivity contribution < 1.29 is 9.53 Å². The van der Waals surface area contributed by atoms with Crippen molar-refractivity contribution in [3.05, 3.63) is 12.1 Å². The summed E-state index contributed by atoms with van der Waals surface area (Å²) in [4.78, 5) is 13.7. The minimum atomic E-state index is -0.135. The number of ether oxygens (including phenoxy) is 1. The number of nitrogens with two attached hydrogens (primary N) is 1. The van der Waals surface area contributed by atoms with Crippen LogP contribution in [0.25, 0.3) is 0 Å². The van der Waals surface area contributed by atoms with Crippen molar-refractivity contribution in [1.82, 2.24) is 4.90 Å². The number of carbonyl (C=O) groups excluding carboxylic acids is 1. The first-order chi connectivity index (χ1) is 9.63. The summed E-state index contributed by atoms with van der Waals surface area (Å²) < 4.78 is 5.34. The zero-order valence-corrected chi connectivity index (χ0v) is 11.6. The molecule has 1 amide bonds. The van der Waals surface area contributed by atoms with E-state index >= 15 is 0 Å². The number of nitrogens with zero attached hydrogens (tertiary/aromatic N) is 1. The van der Waals surface area contributed by atoms with Crippen LogP contribution in [-0.4, -0.2) is 43.6 Å². The average Bonchev–Trinajstić information content (AvgIpc) is 2.82. The van der Waals surface area contributed by atoms with E-state index in [9.17, 15) is 4.79 Å². The standard InChI is InChI=1S/C14H20N4O2/c1-18-4-2-3-9(18)7-16-11-6-12-13(5-10(11)15)20-8-14(19)17-12/h5-6,9,16H,2-4,7-8,15H2,1H3,(H,17,19). The van der Waals surface area contributed by atoms with E-state index in [0.717, 1.165) is 18.8 Å². The summed E-state index contributed by atoms with van der Waals surface area (Å²) >= 11 is 0. The number of likely N-dealkylation sites (tertiary alicyclic amines) is 1. The Bertz CT molecular complexity index is 532. The third-order valence-electron chi connectivity index (χ3n) is 3.98. The van der Waals surface area contributed by atoms with Gasteiger partial charge in [0.15, 0.2) is 6.61 Å². The zero-order valence-electron chi connectivity index (χ0n) is 11.6. The number of anilines is 3. The quantitative estimate of drug-likeness (QED) is 0.721. The number of rotatable bonds is 3. The Labute approximate surface area is 118 Å².